The Morgan fingerprint density at radius 3 is 2.59 bits per heavy atom. The molecule has 0 N–H and O–H groups in total. The highest BCUT2D eigenvalue weighted by atomic mass is 32.2. The lowest BCUT2D eigenvalue weighted by atomic mass is 10.1. The Hall–Kier alpha value is -0.680. The van der Waals surface area contributed by atoms with Crippen LogP contribution in [0.4, 0.5) is 0 Å². The summed E-state index contributed by atoms with van der Waals surface area (Å²) in [7, 11) is -3.22. The number of hydrogen-bond donors (Lipinski definition) is 0. The van der Waals surface area contributed by atoms with Gasteiger partial charge in [0.2, 0.25) is 0 Å². The minimum atomic E-state index is -3.22. The minimum Gasteiger partial charge on any atom is -0.292 e. The monoisotopic (exact) mass is 272 g/mol. The quantitative estimate of drug-likeness (QED) is 0.777. The molecule has 1 unspecified atom stereocenters. The first-order valence-electron chi connectivity index (χ1n) is 5.74. The summed E-state index contributed by atoms with van der Waals surface area (Å²) < 4.78 is 23.8. The number of aryl methyl sites for hydroxylation is 2. The molecule has 0 aliphatic carbocycles. The highest BCUT2D eigenvalue weighted by Gasteiger charge is 2.36. The molecule has 2 heterocycles. The van der Waals surface area contributed by atoms with Crippen molar-refractivity contribution in [3.63, 3.8) is 0 Å². The van der Waals surface area contributed by atoms with Gasteiger partial charge >= 0.3 is 0 Å². The van der Waals surface area contributed by atoms with Crippen molar-refractivity contribution in [2.24, 2.45) is 0 Å². The number of rotatable bonds is 2. The fourth-order valence-corrected chi connectivity index (χ4v) is 5.24. The Labute approximate surface area is 106 Å². The van der Waals surface area contributed by atoms with E-state index in [0.717, 1.165) is 16.9 Å². The summed E-state index contributed by atoms with van der Waals surface area (Å²) in [5.41, 5.74) is 0.901. The third-order valence-electron chi connectivity index (χ3n) is 3.14. The summed E-state index contributed by atoms with van der Waals surface area (Å²) in [5.74, 6) is -0.0346. The molecule has 0 spiro atoms. The fourth-order valence-electron chi connectivity index (χ4n) is 2.28. The van der Waals surface area contributed by atoms with Gasteiger partial charge in [-0.2, -0.15) is 0 Å². The molecule has 2 rings (SSSR count). The predicted octanol–water partition coefficient (Wildman–Crippen LogP) is 2.51. The second kappa shape index (κ2) is 4.53. The first-order chi connectivity index (χ1) is 7.92. The van der Waals surface area contributed by atoms with Crippen LogP contribution in [-0.4, -0.2) is 25.2 Å². The average molecular weight is 272 g/mol. The largest absolute Gasteiger partial charge is 0.292 e. The molecular weight excluding hydrogens is 256 g/mol. The number of ketones is 1. The zero-order valence-corrected chi connectivity index (χ0v) is 11.7. The summed E-state index contributed by atoms with van der Waals surface area (Å²) in [6.07, 6.45) is 2.01. The fraction of sp³-hybridized carbons (Fsp3) is 0.583. The molecule has 0 saturated carbocycles. The summed E-state index contributed by atoms with van der Waals surface area (Å²) in [6.45, 7) is 3.80. The topological polar surface area (TPSA) is 51.2 Å². The third kappa shape index (κ3) is 2.45. The number of hydrogen-bond acceptors (Lipinski definition) is 4. The van der Waals surface area contributed by atoms with Gasteiger partial charge in [0.1, 0.15) is 5.25 Å². The van der Waals surface area contributed by atoms with Crippen molar-refractivity contribution in [1.29, 1.82) is 0 Å². The van der Waals surface area contributed by atoms with E-state index in [0.29, 0.717) is 17.7 Å². The average Bonchev–Trinajstić information content (AvgIpc) is 2.56. The number of thiophene rings is 1. The van der Waals surface area contributed by atoms with E-state index in [-0.39, 0.29) is 11.5 Å². The number of Topliss-reactive ketones (excluding diaryl/α,β-unsaturated/α-hetero) is 1. The number of carbonyl (C=O) groups is 1. The summed E-state index contributed by atoms with van der Waals surface area (Å²) in [4.78, 5) is 14.0. The molecule has 1 aromatic heterocycles. The lowest BCUT2D eigenvalue weighted by molar-refractivity contribution is 0.0985. The zero-order chi connectivity index (χ0) is 12.6. The second-order valence-electron chi connectivity index (χ2n) is 4.58. The van der Waals surface area contributed by atoms with Crippen LogP contribution in [0.15, 0.2) is 6.07 Å². The van der Waals surface area contributed by atoms with Crippen molar-refractivity contribution >= 4 is 27.0 Å². The van der Waals surface area contributed by atoms with Gasteiger partial charge in [0.15, 0.2) is 15.6 Å². The normalized spacial score (nSPS) is 23.5. The first-order valence-corrected chi connectivity index (χ1v) is 8.28. The molecule has 1 aliphatic rings. The van der Waals surface area contributed by atoms with E-state index in [2.05, 4.69) is 0 Å². The first kappa shape index (κ1) is 12.8. The Morgan fingerprint density at radius 2 is 2.06 bits per heavy atom. The van der Waals surface area contributed by atoms with Crippen molar-refractivity contribution in [3.05, 3.63) is 21.4 Å². The Bertz CT molecular complexity index is 540. The SMILES string of the molecule is Cc1cc(C)c(C(=O)C2CCCCS2(=O)=O)s1. The molecule has 1 atom stereocenters. The van der Waals surface area contributed by atoms with Crippen LogP contribution in [-0.2, 0) is 9.84 Å². The molecule has 0 aromatic carbocycles. The maximum absolute atomic E-state index is 12.3. The molecule has 1 aliphatic heterocycles. The summed E-state index contributed by atoms with van der Waals surface area (Å²) >= 11 is 1.40. The standard InChI is InChI=1S/C12H16O3S2/c1-8-7-9(2)16-12(8)11(13)10-5-3-4-6-17(10,14)15/h7,10H,3-6H2,1-2H3. The third-order valence-corrected chi connectivity index (χ3v) is 6.48. The molecular formula is C12H16O3S2. The summed E-state index contributed by atoms with van der Waals surface area (Å²) in [6, 6.07) is 1.94. The van der Waals surface area contributed by atoms with Crippen LogP contribution in [0.1, 0.15) is 39.4 Å². The Kier molecular flexibility index (Phi) is 3.41. The van der Waals surface area contributed by atoms with Gasteiger partial charge in [-0.1, -0.05) is 6.42 Å². The van der Waals surface area contributed by atoms with Gasteiger partial charge in [0.25, 0.3) is 0 Å². The maximum atomic E-state index is 12.3. The molecule has 0 bridgehead atoms. The van der Waals surface area contributed by atoms with Crippen molar-refractivity contribution in [3.8, 4) is 0 Å². The van der Waals surface area contributed by atoms with Gasteiger partial charge in [-0.3, -0.25) is 4.79 Å². The van der Waals surface area contributed by atoms with Gasteiger partial charge in [0, 0.05) is 4.88 Å². The van der Waals surface area contributed by atoms with Crippen LogP contribution in [0.25, 0.3) is 0 Å². The molecule has 94 valence electrons. The van der Waals surface area contributed by atoms with E-state index in [1.54, 1.807) is 0 Å². The van der Waals surface area contributed by atoms with Gasteiger partial charge in [0.05, 0.1) is 10.6 Å². The van der Waals surface area contributed by atoms with Crippen molar-refractivity contribution in [1.82, 2.24) is 0 Å². The van der Waals surface area contributed by atoms with E-state index in [4.69, 9.17) is 0 Å². The van der Waals surface area contributed by atoms with Crippen molar-refractivity contribution in [2.75, 3.05) is 5.75 Å². The summed E-state index contributed by atoms with van der Waals surface area (Å²) in [5, 5.41) is -0.798. The van der Waals surface area contributed by atoms with Crippen LogP contribution in [0, 0.1) is 13.8 Å². The van der Waals surface area contributed by atoms with Crippen LogP contribution in [0.5, 0.6) is 0 Å². The molecule has 1 saturated heterocycles. The van der Waals surface area contributed by atoms with Crippen molar-refractivity contribution in [2.45, 2.75) is 38.4 Å². The highest BCUT2D eigenvalue weighted by molar-refractivity contribution is 7.92. The Morgan fingerprint density at radius 1 is 1.35 bits per heavy atom. The number of sulfone groups is 1. The van der Waals surface area contributed by atoms with Crippen molar-refractivity contribution < 1.29 is 13.2 Å². The van der Waals surface area contributed by atoms with Crippen LogP contribution in [0.3, 0.4) is 0 Å². The minimum absolute atomic E-state index is 0.160. The predicted molar refractivity (Wildman–Crippen MR) is 69.5 cm³/mol. The Balaban J connectivity index is 2.34. The van der Waals surface area contributed by atoms with Gasteiger partial charge in [-0.25, -0.2) is 8.42 Å². The van der Waals surface area contributed by atoms with E-state index in [1.807, 2.05) is 19.9 Å². The molecule has 0 radical (unpaired) electrons. The van der Waals surface area contributed by atoms with Gasteiger partial charge < -0.3 is 0 Å². The van der Waals surface area contributed by atoms with Crippen LogP contribution in [0.2, 0.25) is 0 Å². The molecule has 0 amide bonds. The maximum Gasteiger partial charge on any atom is 0.191 e. The highest BCUT2D eigenvalue weighted by Crippen LogP contribution is 2.28. The molecule has 17 heavy (non-hydrogen) atoms. The van der Waals surface area contributed by atoms with E-state index in [9.17, 15) is 13.2 Å². The van der Waals surface area contributed by atoms with Crippen LogP contribution < -0.4 is 0 Å². The van der Waals surface area contributed by atoms with Gasteiger partial charge in [-0.05, 0) is 38.3 Å². The molecule has 5 heteroatoms. The molecule has 1 aromatic rings. The lowest BCUT2D eigenvalue weighted by Crippen LogP contribution is -2.35. The number of carbonyl (C=O) groups excluding carboxylic acids is 1. The molecule has 1 fully saturated rings. The van der Waals surface area contributed by atoms with E-state index in [1.165, 1.54) is 11.3 Å². The lowest BCUT2D eigenvalue weighted by Gasteiger charge is -2.20. The van der Waals surface area contributed by atoms with Gasteiger partial charge in [-0.15, -0.1) is 11.3 Å². The second-order valence-corrected chi connectivity index (χ2v) is 8.14. The van der Waals surface area contributed by atoms with Crippen LogP contribution >= 0.6 is 11.3 Å². The van der Waals surface area contributed by atoms with E-state index >= 15 is 0 Å². The van der Waals surface area contributed by atoms with E-state index < -0.39 is 15.1 Å². The zero-order valence-electron chi connectivity index (χ0n) is 10.0. The smallest absolute Gasteiger partial charge is 0.191 e. The molecule has 3 nitrogen and oxygen atoms in total.